The van der Waals surface area contributed by atoms with Crippen LogP contribution in [0.25, 0.3) is 22.3 Å². The van der Waals surface area contributed by atoms with Gasteiger partial charge in [0.1, 0.15) is 0 Å². The minimum absolute atomic E-state index is 0. The molecule has 0 unspecified atom stereocenters. The number of fused-ring (bicyclic) bond motifs is 3. The monoisotopic (exact) mass is 1120 g/mol. The fourth-order valence-corrected chi connectivity index (χ4v) is 11.0. The number of nitrogens with zero attached hydrogens (tertiary/aromatic N) is 5. The Bertz CT molecular complexity index is 2940. The molecule has 6 nitrogen and oxygen atoms in total. The minimum Gasteiger partial charge on any atom is -0.0579 e. The van der Waals surface area contributed by atoms with Crippen LogP contribution in [0.15, 0.2) is 164 Å². The average molecular weight is 1120 g/mol. The van der Waals surface area contributed by atoms with Gasteiger partial charge in [-0.25, -0.2) is 0 Å². The molecule has 2 aliphatic heterocycles. The molecule has 0 radical (unpaired) electrons. The molecule has 10 rings (SSSR count). The molecule has 0 fully saturated rings. The van der Waals surface area contributed by atoms with Gasteiger partial charge in [0, 0.05) is 32.2 Å². The van der Waals surface area contributed by atoms with Crippen molar-refractivity contribution in [2.45, 2.75) is 52.4 Å². The molecule has 0 N–H and O–H groups in total. The van der Waals surface area contributed by atoms with E-state index in [0.717, 1.165) is 62.2 Å². The van der Waals surface area contributed by atoms with Crippen LogP contribution in [0.5, 0.6) is 11.5 Å². The molecule has 8 heteroatoms. The van der Waals surface area contributed by atoms with Crippen LogP contribution in [0, 0.1) is 18.8 Å². The topological polar surface area (TPSA) is 44.7 Å². The first-order valence-corrected chi connectivity index (χ1v) is 23.3. The molecule has 0 amide bonds. The van der Waals surface area contributed by atoms with Gasteiger partial charge in [-0.05, 0) is 22.1 Å². The maximum absolute atomic E-state index is 6.67. The van der Waals surface area contributed by atoms with Gasteiger partial charge in [0.15, 0.2) is 0 Å². The molecule has 0 aliphatic carbocycles. The Labute approximate surface area is 396 Å². The first kappa shape index (κ1) is 42.6. The Kier molecular flexibility index (Phi) is 11.6. The standard InChI is InChI=1S/C55H46N5OTe.Pt/c1-54(2,3)39-24-22-38(23-25-39)45-19-13-18-44(37-14-8-7-9-15-37)53(45)59-36-58(46-20-10-11-21-47(46)59)41-16-12-17-42(33-41)61-43-26-27-50-49(34-43)60(48-29-30-56-35-51(48)62-50)52-32-40(28-31-57-52)55(4,5)6;/h7-32,35-36H,1-6H3;/q-3;. The number of hydrogen-bond donors (Lipinski definition) is 0. The molecule has 2 aliphatic rings. The predicted molar refractivity (Wildman–Crippen MR) is 256 cm³/mol. The summed E-state index contributed by atoms with van der Waals surface area (Å²) in [6.07, 6.45) is 5.77. The maximum Gasteiger partial charge on any atom is 0 e. The quantitative estimate of drug-likeness (QED) is 0.117. The molecule has 316 valence electrons. The van der Waals surface area contributed by atoms with Gasteiger partial charge in [-0.3, -0.25) is 0 Å². The van der Waals surface area contributed by atoms with Crippen LogP contribution in [0.4, 0.5) is 39.9 Å². The van der Waals surface area contributed by atoms with Crippen molar-refractivity contribution < 1.29 is 25.8 Å². The molecular weight excluding hydrogens is 1070 g/mol. The van der Waals surface area contributed by atoms with Crippen molar-refractivity contribution in [2.75, 3.05) is 14.7 Å². The smallest absolute Gasteiger partial charge is 0 e. The van der Waals surface area contributed by atoms with Crippen molar-refractivity contribution in [1.29, 1.82) is 0 Å². The zero-order valence-electron chi connectivity index (χ0n) is 36.0. The van der Waals surface area contributed by atoms with Crippen molar-refractivity contribution in [3.63, 3.8) is 0 Å². The van der Waals surface area contributed by atoms with Gasteiger partial charge in [0.05, 0.1) is 0 Å². The molecule has 0 saturated carbocycles. The van der Waals surface area contributed by atoms with Gasteiger partial charge >= 0.3 is 245 Å². The van der Waals surface area contributed by atoms with E-state index in [2.05, 4.69) is 207 Å². The summed E-state index contributed by atoms with van der Waals surface area (Å²) in [6.45, 7) is 15.6. The Balaban J connectivity index is 0.00000504. The number of pyridine rings is 2. The molecule has 63 heavy (non-hydrogen) atoms. The summed E-state index contributed by atoms with van der Waals surface area (Å²) in [5.41, 5.74) is 13.3. The van der Waals surface area contributed by atoms with Gasteiger partial charge in [-0.2, -0.15) is 0 Å². The van der Waals surface area contributed by atoms with Gasteiger partial charge in [-0.15, -0.1) is 0 Å². The SMILES string of the molecule is CC(C)(C)c1ccc(-c2cccc(-c3ccccc3)c2N2[CH-]N(c3[c-]c(Oc4[c-]c5c(cc4)[Te]c4cnccc4N5c4cc(C(C)(C)C)ccn4)ccc3)c3ccccc32)cc1.[Pt]. The Hall–Kier alpha value is -5.70. The normalized spacial score (nSPS) is 13.2. The molecule has 4 heterocycles. The number of aromatic nitrogens is 2. The van der Waals surface area contributed by atoms with Gasteiger partial charge < -0.3 is 0 Å². The third kappa shape index (κ3) is 8.31. The summed E-state index contributed by atoms with van der Waals surface area (Å²) < 4.78 is 9.20. The number of benzene rings is 6. The molecular formula is C55H46N5OPtTe-3. The molecule has 8 aromatic rings. The average Bonchev–Trinajstić information content (AvgIpc) is 3.67. The van der Waals surface area contributed by atoms with Crippen LogP contribution in [0.3, 0.4) is 0 Å². The van der Waals surface area contributed by atoms with Crippen LogP contribution < -0.4 is 26.7 Å². The van der Waals surface area contributed by atoms with E-state index in [1.165, 1.54) is 18.3 Å². The summed E-state index contributed by atoms with van der Waals surface area (Å²) >= 11 is -0.717. The van der Waals surface area contributed by atoms with Gasteiger partial charge in [0.25, 0.3) is 0 Å². The largest absolute Gasteiger partial charge is 0.0579 e. The minimum atomic E-state index is -0.717. The number of para-hydroxylation sites is 3. The van der Waals surface area contributed by atoms with Crippen LogP contribution in [0.1, 0.15) is 52.7 Å². The molecule has 2 aromatic heterocycles. The van der Waals surface area contributed by atoms with E-state index in [4.69, 9.17) is 9.72 Å². The fourth-order valence-electron chi connectivity index (χ4n) is 8.15. The van der Waals surface area contributed by atoms with Crippen LogP contribution in [0.2, 0.25) is 0 Å². The van der Waals surface area contributed by atoms with E-state index in [1.807, 2.05) is 36.8 Å². The third-order valence-corrected chi connectivity index (χ3v) is 14.5. The fraction of sp³-hybridized carbons (Fsp3) is 0.145. The number of ether oxygens (including phenoxy) is 1. The Morgan fingerprint density at radius 1 is 0.571 bits per heavy atom. The number of hydrogen-bond acceptors (Lipinski definition) is 6. The second-order valence-corrected chi connectivity index (χ2v) is 20.8. The molecule has 0 spiro atoms. The van der Waals surface area contributed by atoms with E-state index >= 15 is 0 Å². The summed E-state index contributed by atoms with van der Waals surface area (Å²) in [5, 5.41) is 0. The van der Waals surface area contributed by atoms with E-state index in [-0.39, 0.29) is 31.9 Å². The second kappa shape index (κ2) is 17.1. The second-order valence-electron chi connectivity index (χ2n) is 17.7. The van der Waals surface area contributed by atoms with Gasteiger partial charge in [-0.1, -0.05) is 99.6 Å². The zero-order chi connectivity index (χ0) is 42.6. The van der Waals surface area contributed by atoms with Crippen molar-refractivity contribution in [1.82, 2.24) is 9.97 Å². The van der Waals surface area contributed by atoms with E-state index in [0.29, 0.717) is 11.5 Å². The summed E-state index contributed by atoms with van der Waals surface area (Å²) in [6, 6.07) is 58.9. The molecule has 6 aromatic carbocycles. The zero-order valence-corrected chi connectivity index (χ0v) is 40.6. The molecule has 0 saturated heterocycles. The van der Waals surface area contributed by atoms with Crippen molar-refractivity contribution in [3.8, 4) is 33.8 Å². The van der Waals surface area contributed by atoms with Crippen LogP contribution in [-0.4, -0.2) is 30.9 Å². The third-order valence-electron chi connectivity index (χ3n) is 11.4. The number of rotatable bonds is 7. The van der Waals surface area contributed by atoms with E-state index < -0.39 is 20.9 Å². The van der Waals surface area contributed by atoms with Crippen molar-refractivity contribution >= 4 is 68.1 Å². The van der Waals surface area contributed by atoms with Crippen molar-refractivity contribution in [2.24, 2.45) is 0 Å². The van der Waals surface area contributed by atoms with Crippen molar-refractivity contribution in [3.05, 3.63) is 194 Å². The van der Waals surface area contributed by atoms with Crippen LogP contribution >= 0.6 is 0 Å². The summed E-state index contributed by atoms with van der Waals surface area (Å²) in [7, 11) is 0. The first-order valence-electron chi connectivity index (χ1n) is 21.0. The van der Waals surface area contributed by atoms with Gasteiger partial charge in [0.2, 0.25) is 0 Å². The Morgan fingerprint density at radius 2 is 1.24 bits per heavy atom. The summed E-state index contributed by atoms with van der Waals surface area (Å²) in [5.74, 6) is 2.07. The first-order chi connectivity index (χ1) is 30.0. The number of anilines is 7. The predicted octanol–water partition coefficient (Wildman–Crippen LogP) is 12.6. The molecule has 0 bridgehead atoms. The molecule has 0 atom stereocenters. The summed E-state index contributed by atoms with van der Waals surface area (Å²) in [4.78, 5) is 16.1. The van der Waals surface area contributed by atoms with Crippen LogP contribution in [-0.2, 0) is 31.9 Å². The van der Waals surface area contributed by atoms with E-state index in [9.17, 15) is 0 Å². The van der Waals surface area contributed by atoms with E-state index in [1.54, 1.807) is 0 Å². The maximum atomic E-state index is 6.67. The Morgan fingerprint density at radius 3 is 1.97 bits per heavy atom.